The smallest absolute Gasteiger partial charge is 0.175 e. The zero-order valence-corrected chi connectivity index (χ0v) is 11.9. The molecule has 1 aromatic carbocycles. The molecule has 0 spiro atoms. The van der Waals surface area contributed by atoms with Crippen LogP contribution < -0.4 is 10.6 Å². The van der Waals surface area contributed by atoms with Gasteiger partial charge in [0.1, 0.15) is 0 Å². The summed E-state index contributed by atoms with van der Waals surface area (Å²) in [6.07, 6.45) is 2.46. The fourth-order valence-electron chi connectivity index (χ4n) is 2.21. The summed E-state index contributed by atoms with van der Waals surface area (Å²) in [5.41, 5.74) is 7.37. The molecule has 0 heterocycles. The Morgan fingerprint density at radius 1 is 1.44 bits per heavy atom. The number of nitrogens with zero attached hydrogens (tertiary/aromatic N) is 1. The molecule has 0 saturated heterocycles. The van der Waals surface area contributed by atoms with Crippen LogP contribution in [0.1, 0.15) is 13.3 Å². The highest BCUT2D eigenvalue weighted by atomic mass is 32.2. The predicted octanol–water partition coefficient (Wildman–Crippen LogP) is 1.76. The molecule has 0 bridgehead atoms. The first-order chi connectivity index (χ1) is 8.29. The molecule has 0 amide bonds. The zero-order valence-electron chi connectivity index (χ0n) is 11.1. The highest BCUT2D eigenvalue weighted by Crippen LogP contribution is 2.39. The van der Waals surface area contributed by atoms with E-state index in [4.69, 9.17) is 5.73 Å². The Morgan fingerprint density at radius 3 is 2.50 bits per heavy atom. The number of sulfone groups is 1. The standard InChI is InChI=1S/C13H20N2O2S/c1-9-6-10(9)8-15(2)13-5-4-11(7-12(13)14)18(3,16)17/h4-5,7,9-10H,6,8,14H2,1-3H3. The van der Waals surface area contributed by atoms with E-state index in [1.54, 1.807) is 12.1 Å². The summed E-state index contributed by atoms with van der Waals surface area (Å²) in [4.78, 5) is 2.38. The van der Waals surface area contributed by atoms with Crippen LogP contribution in [0.4, 0.5) is 11.4 Å². The number of rotatable bonds is 4. The molecule has 1 aromatic rings. The van der Waals surface area contributed by atoms with Gasteiger partial charge in [-0.3, -0.25) is 0 Å². The molecule has 1 saturated carbocycles. The van der Waals surface area contributed by atoms with Crippen LogP contribution in [0, 0.1) is 11.8 Å². The van der Waals surface area contributed by atoms with Crippen LogP contribution in [-0.4, -0.2) is 28.3 Å². The maximum absolute atomic E-state index is 11.4. The first-order valence-corrected chi connectivity index (χ1v) is 7.99. The van der Waals surface area contributed by atoms with E-state index in [9.17, 15) is 8.42 Å². The van der Waals surface area contributed by atoms with Crippen LogP contribution in [0.25, 0.3) is 0 Å². The summed E-state index contributed by atoms with van der Waals surface area (Å²) in [5, 5.41) is 0. The molecule has 1 fully saturated rings. The average Bonchev–Trinajstić information content (AvgIpc) is 2.92. The van der Waals surface area contributed by atoms with Gasteiger partial charge in [-0.2, -0.15) is 0 Å². The quantitative estimate of drug-likeness (QED) is 0.845. The minimum absolute atomic E-state index is 0.275. The van der Waals surface area contributed by atoms with Crippen molar-refractivity contribution in [1.82, 2.24) is 0 Å². The fourth-order valence-corrected chi connectivity index (χ4v) is 2.87. The molecule has 0 radical (unpaired) electrons. The first kappa shape index (κ1) is 13.2. The van der Waals surface area contributed by atoms with Gasteiger partial charge in [-0.25, -0.2) is 8.42 Å². The number of benzene rings is 1. The molecule has 2 unspecified atom stereocenters. The molecule has 5 heteroatoms. The molecule has 1 aliphatic rings. The van der Waals surface area contributed by atoms with Crippen molar-refractivity contribution in [3.8, 4) is 0 Å². The Bertz CT molecular complexity index is 554. The minimum Gasteiger partial charge on any atom is -0.397 e. The van der Waals surface area contributed by atoms with Crippen LogP contribution in [0.3, 0.4) is 0 Å². The summed E-state index contributed by atoms with van der Waals surface area (Å²) in [6.45, 7) is 3.22. The van der Waals surface area contributed by atoms with Gasteiger partial charge in [-0.15, -0.1) is 0 Å². The molecule has 18 heavy (non-hydrogen) atoms. The normalized spacial score (nSPS) is 22.8. The molecular weight excluding hydrogens is 248 g/mol. The van der Waals surface area contributed by atoms with Crippen molar-refractivity contribution in [2.75, 3.05) is 30.5 Å². The van der Waals surface area contributed by atoms with Crippen molar-refractivity contribution in [3.05, 3.63) is 18.2 Å². The molecule has 0 aliphatic heterocycles. The largest absolute Gasteiger partial charge is 0.397 e. The van der Waals surface area contributed by atoms with E-state index in [1.807, 2.05) is 7.05 Å². The second-order valence-corrected chi connectivity index (χ2v) is 7.36. The number of hydrogen-bond donors (Lipinski definition) is 1. The van der Waals surface area contributed by atoms with Crippen molar-refractivity contribution in [2.45, 2.75) is 18.2 Å². The lowest BCUT2D eigenvalue weighted by molar-refractivity contribution is 0.602. The number of anilines is 2. The summed E-state index contributed by atoms with van der Waals surface area (Å²) in [6, 6.07) is 4.95. The Kier molecular flexibility index (Phi) is 3.27. The lowest BCUT2D eigenvalue weighted by atomic mass is 10.2. The van der Waals surface area contributed by atoms with Gasteiger partial charge in [-0.05, 0) is 36.5 Å². The second kappa shape index (κ2) is 4.46. The lowest BCUT2D eigenvalue weighted by Gasteiger charge is -2.21. The fraction of sp³-hybridized carbons (Fsp3) is 0.538. The van der Waals surface area contributed by atoms with Crippen LogP contribution in [0.2, 0.25) is 0 Å². The van der Waals surface area contributed by atoms with Gasteiger partial charge in [0.2, 0.25) is 0 Å². The Hall–Kier alpha value is -1.23. The van der Waals surface area contributed by atoms with Crippen molar-refractivity contribution in [1.29, 1.82) is 0 Å². The average molecular weight is 268 g/mol. The van der Waals surface area contributed by atoms with Crippen LogP contribution in [0.15, 0.2) is 23.1 Å². The van der Waals surface area contributed by atoms with E-state index in [1.165, 1.54) is 18.7 Å². The molecule has 1 aliphatic carbocycles. The third kappa shape index (κ3) is 2.77. The monoisotopic (exact) mass is 268 g/mol. The van der Waals surface area contributed by atoms with Gasteiger partial charge in [0.15, 0.2) is 9.84 Å². The number of nitrogen functional groups attached to an aromatic ring is 1. The summed E-state index contributed by atoms with van der Waals surface area (Å²) >= 11 is 0. The third-order valence-corrected chi connectivity index (χ3v) is 4.73. The van der Waals surface area contributed by atoms with Gasteiger partial charge in [0.25, 0.3) is 0 Å². The highest BCUT2D eigenvalue weighted by Gasteiger charge is 2.33. The van der Waals surface area contributed by atoms with E-state index in [0.29, 0.717) is 5.69 Å². The topological polar surface area (TPSA) is 63.4 Å². The molecule has 0 aromatic heterocycles. The van der Waals surface area contributed by atoms with Crippen LogP contribution in [-0.2, 0) is 9.84 Å². The number of nitrogens with two attached hydrogens (primary N) is 1. The van der Waals surface area contributed by atoms with Gasteiger partial charge >= 0.3 is 0 Å². The molecule has 2 rings (SSSR count). The molecule has 2 N–H and O–H groups in total. The maximum atomic E-state index is 11.4. The Balaban J connectivity index is 2.19. The first-order valence-electron chi connectivity index (χ1n) is 6.09. The Labute approximate surface area is 109 Å². The van der Waals surface area contributed by atoms with Crippen LogP contribution >= 0.6 is 0 Å². The summed E-state index contributed by atoms with van der Waals surface area (Å²) in [7, 11) is -1.19. The summed E-state index contributed by atoms with van der Waals surface area (Å²) < 4.78 is 22.9. The van der Waals surface area contributed by atoms with Crippen molar-refractivity contribution < 1.29 is 8.42 Å². The van der Waals surface area contributed by atoms with Crippen molar-refractivity contribution >= 4 is 21.2 Å². The van der Waals surface area contributed by atoms with E-state index in [-0.39, 0.29) is 4.90 Å². The van der Waals surface area contributed by atoms with E-state index in [0.717, 1.165) is 24.1 Å². The van der Waals surface area contributed by atoms with Crippen molar-refractivity contribution in [2.24, 2.45) is 11.8 Å². The van der Waals surface area contributed by atoms with Gasteiger partial charge in [-0.1, -0.05) is 6.92 Å². The van der Waals surface area contributed by atoms with E-state index >= 15 is 0 Å². The van der Waals surface area contributed by atoms with Crippen LogP contribution in [0.5, 0.6) is 0 Å². The zero-order chi connectivity index (χ0) is 13.5. The molecule has 4 nitrogen and oxygen atoms in total. The SMILES string of the molecule is CC1CC1CN(C)c1ccc(S(C)(=O)=O)cc1N. The molecule has 2 atom stereocenters. The predicted molar refractivity (Wildman–Crippen MR) is 74.5 cm³/mol. The molecule has 100 valence electrons. The van der Waals surface area contributed by atoms with Gasteiger partial charge in [0, 0.05) is 19.8 Å². The van der Waals surface area contributed by atoms with E-state index in [2.05, 4.69) is 11.8 Å². The minimum atomic E-state index is -3.19. The van der Waals surface area contributed by atoms with Crippen molar-refractivity contribution in [3.63, 3.8) is 0 Å². The van der Waals surface area contributed by atoms with Gasteiger partial charge in [0.05, 0.1) is 16.3 Å². The highest BCUT2D eigenvalue weighted by molar-refractivity contribution is 7.90. The van der Waals surface area contributed by atoms with Gasteiger partial charge < -0.3 is 10.6 Å². The third-order valence-electron chi connectivity index (χ3n) is 3.62. The second-order valence-electron chi connectivity index (χ2n) is 5.35. The lowest BCUT2D eigenvalue weighted by Crippen LogP contribution is -2.21. The maximum Gasteiger partial charge on any atom is 0.175 e. The van der Waals surface area contributed by atoms with E-state index < -0.39 is 9.84 Å². The number of hydrogen-bond acceptors (Lipinski definition) is 4. The summed E-state index contributed by atoms with van der Waals surface area (Å²) in [5.74, 6) is 1.54. The molecular formula is C13H20N2O2S. The Morgan fingerprint density at radius 2 is 2.06 bits per heavy atom.